The Labute approximate surface area is 88.7 Å². The standard InChI is InChI=1S/C10H18N2.C2H6/c1-8(2)11-10-6-5-7-12(10)9(3)4;1-2/h5,7-9H,6H2,1-4H3;1-2H3. The van der Waals surface area contributed by atoms with E-state index in [9.17, 15) is 0 Å². The lowest BCUT2D eigenvalue weighted by atomic mass is 10.3. The second-order valence-electron chi connectivity index (χ2n) is 3.73. The van der Waals surface area contributed by atoms with Crippen molar-refractivity contribution in [3.05, 3.63) is 12.3 Å². The highest BCUT2D eigenvalue weighted by atomic mass is 15.2. The van der Waals surface area contributed by atoms with Crippen LogP contribution in [0.4, 0.5) is 0 Å². The summed E-state index contributed by atoms with van der Waals surface area (Å²) >= 11 is 0. The summed E-state index contributed by atoms with van der Waals surface area (Å²) in [6, 6.07) is 0.933. The molecule has 0 N–H and O–H groups in total. The summed E-state index contributed by atoms with van der Waals surface area (Å²) in [5.41, 5.74) is 0. The van der Waals surface area contributed by atoms with Crippen molar-refractivity contribution in [1.29, 1.82) is 0 Å². The maximum Gasteiger partial charge on any atom is 0.107 e. The van der Waals surface area contributed by atoms with Crippen LogP contribution in [0.2, 0.25) is 0 Å². The Kier molecular flexibility index (Phi) is 6.26. The minimum Gasteiger partial charge on any atom is -0.334 e. The lowest BCUT2D eigenvalue weighted by Gasteiger charge is -2.22. The van der Waals surface area contributed by atoms with Crippen LogP contribution in [0.15, 0.2) is 17.3 Å². The Balaban J connectivity index is 0.000000791. The molecule has 0 fully saturated rings. The smallest absolute Gasteiger partial charge is 0.107 e. The first-order chi connectivity index (χ1) is 6.61. The number of rotatable bonds is 2. The molecule has 2 nitrogen and oxygen atoms in total. The third-order valence-electron chi connectivity index (χ3n) is 1.83. The average Bonchev–Trinajstić information content (AvgIpc) is 2.55. The Morgan fingerprint density at radius 1 is 1.21 bits per heavy atom. The van der Waals surface area contributed by atoms with Crippen molar-refractivity contribution in [2.24, 2.45) is 4.99 Å². The van der Waals surface area contributed by atoms with E-state index in [1.807, 2.05) is 13.8 Å². The topological polar surface area (TPSA) is 15.6 Å². The van der Waals surface area contributed by atoms with Gasteiger partial charge in [-0.05, 0) is 27.7 Å². The van der Waals surface area contributed by atoms with E-state index in [0.29, 0.717) is 12.1 Å². The van der Waals surface area contributed by atoms with Gasteiger partial charge in [-0.25, -0.2) is 0 Å². The van der Waals surface area contributed by atoms with Crippen molar-refractivity contribution < 1.29 is 0 Å². The number of aliphatic imine (C=N–C) groups is 1. The molecule has 1 heterocycles. The van der Waals surface area contributed by atoms with Crippen LogP contribution in [0.25, 0.3) is 0 Å². The molecule has 0 saturated heterocycles. The van der Waals surface area contributed by atoms with Gasteiger partial charge in [-0.15, -0.1) is 0 Å². The maximum absolute atomic E-state index is 4.56. The molecule has 0 aliphatic carbocycles. The van der Waals surface area contributed by atoms with Gasteiger partial charge >= 0.3 is 0 Å². The van der Waals surface area contributed by atoms with Crippen molar-refractivity contribution in [3.63, 3.8) is 0 Å². The molecule has 0 saturated carbocycles. The molecular weight excluding hydrogens is 172 g/mol. The van der Waals surface area contributed by atoms with Crippen molar-refractivity contribution in [3.8, 4) is 0 Å². The van der Waals surface area contributed by atoms with Gasteiger partial charge in [0.05, 0.1) is 0 Å². The molecule has 0 atom stereocenters. The first-order valence-corrected chi connectivity index (χ1v) is 5.63. The van der Waals surface area contributed by atoms with Crippen LogP contribution in [-0.4, -0.2) is 22.8 Å². The van der Waals surface area contributed by atoms with E-state index >= 15 is 0 Å². The Morgan fingerprint density at radius 3 is 2.21 bits per heavy atom. The fourth-order valence-corrected chi connectivity index (χ4v) is 1.35. The molecule has 2 heteroatoms. The van der Waals surface area contributed by atoms with Crippen molar-refractivity contribution in [1.82, 2.24) is 4.90 Å². The van der Waals surface area contributed by atoms with Gasteiger partial charge in [-0.1, -0.05) is 19.9 Å². The first kappa shape index (κ1) is 13.2. The molecule has 0 unspecified atom stereocenters. The quantitative estimate of drug-likeness (QED) is 0.660. The highest BCUT2D eigenvalue weighted by molar-refractivity contribution is 5.87. The van der Waals surface area contributed by atoms with Gasteiger partial charge < -0.3 is 4.90 Å². The van der Waals surface area contributed by atoms with E-state index in [-0.39, 0.29) is 0 Å². The largest absolute Gasteiger partial charge is 0.334 e. The first-order valence-electron chi connectivity index (χ1n) is 5.63. The number of hydrogen-bond acceptors (Lipinski definition) is 1. The van der Waals surface area contributed by atoms with Crippen LogP contribution in [0.5, 0.6) is 0 Å². The highest BCUT2D eigenvalue weighted by Gasteiger charge is 2.15. The SMILES string of the molecule is CC.CC(C)N=C1CC=CN1C(C)C. The zero-order valence-corrected chi connectivity index (χ0v) is 10.4. The zero-order chi connectivity index (χ0) is 11.1. The monoisotopic (exact) mass is 196 g/mol. The van der Waals surface area contributed by atoms with Gasteiger partial charge in [-0.2, -0.15) is 0 Å². The van der Waals surface area contributed by atoms with Gasteiger partial charge in [0, 0.05) is 24.7 Å². The second kappa shape index (κ2) is 6.63. The third kappa shape index (κ3) is 3.95. The van der Waals surface area contributed by atoms with E-state index in [4.69, 9.17) is 0 Å². The van der Waals surface area contributed by atoms with E-state index in [1.54, 1.807) is 0 Å². The summed E-state index contributed by atoms with van der Waals surface area (Å²) in [6.07, 6.45) is 5.30. The molecule has 1 aliphatic rings. The molecule has 0 aromatic heterocycles. The van der Waals surface area contributed by atoms with Gasteiger partial charge in [0.15, 0.2) is 0 Å². The summed E-state index contributed by atoms with van der Waals surface area (Å²) in [6.45, 7) is 12.6. The summed E-state index contributed by atoms with van der Waals surface area (Å²) in [5.74, 6) is 1.21. The second-order valence-corrected chi connectivity index (χ2v) is 3.73. The van der Waals surface area contributed by atoms with E-state index in [0.717, 1.165) is 6.42 Å². The lowest BCUT2D eigenvalue weighted by molar-refractivity contribution is 0.461. The fourth-order valence-electron chi connectivity index (χ4n) is 1.35. The summed E-state index contributed by atoms with van der Waals surface area (Å²) in [7, 11) is 0. The van der Waals surface area contributed by atoms with Crippen LogP contribution in [-0.2, 0) is 0 Å². The highest BCUT2D eigenvalue weighted by Crippen LogP contribution is 2.13. The molecule has 1 rings (SSSR count). The molecule has 1 aliphatic heterocycles. The summed E-state index contributed by atoms with van der Waals surface area (Å²) < 4.78 is 0. The van der Waals surface area contributed by atoms with E-state index < -0.39 is 0 Å². The van der Waals surface area contributed by atoms with Crippen LogP contribution in [0.1, 0.15) is 48.0 Å². The van der Waals surface area contributed by atoms with E-state index in [2.05, 4.69) is 49.9 Å². The molecule has 0 amide bonds. The number of nitrogens with zero attached hydrogens (tertiary/aromatic N) is 2. The molecule has 0 spiro atoms. The Bertz CT molecular complexity index is 202. The molecule has 14 heavy (non-hydrogen) atoms. The minimum absolute atomic E-state index is 0.404. The van der Waals surface area contributed by atoms with Crippen LogP contribution in [0.3, 0.4) is 0 Å². The molecular formula is C12H24N2. The molecule has 0 aromatic carbocycles. The zero-order valence-electron chi connectivity index (χ0n) is 10.4. The van der Waals surface area contributed by atoms with Crippen molar-refractivity contribution in [2.75, 3.05) is 0 Å². The predicted octanol–water partition coefficient (Wildman–Crippen LogP) is 3.45. The van der Waals surface area contributed by atoms with Crippen LogP contribution < -0.4 is 0 Å². The average molecular weight is 196 g/mol. The normalized spacial score (nSPS) is 18.0. The van der Waals surface area contributed by atoms with Crippen LogP contribution >= 0.6 is 0 Å². The maximum atomic E-state index is 4.56. The Hall–Kier alpha value is -0.790. The van der Waals surface area contributed by atoms with Crippen LogP contribution in [0, 0.1) is 0 Å². The predicted molar refractivity (Wildman–Crippen MR) is 64.7 cm³/mol. The number of amidine groups is 1. The molecule has 0 aromatic rings. The van der Waals surface area contributed by atoms with Gasteiger partial charge in [-0.3, -0.25) is 4.99 Å². The lowest BCUT2D eigenvalue weighted by Crippen LogP contribution is -2.29. The fraction of sp³-hybridized carbons (Fsp3) is 0.750. The Morgan fingerprint density at radius 2 is 1.79 bits per heavy atom. The molecule has 82 valence electrons. The third-order valence-corrected chi connectivity index (χ3v) is 1.83. The van der Waals surface area contributed by atoms with Crippen molar-refractivity contribution in [2.45, 2.75) is 60.0 Å². The molecule has 0 bridgehead atoms. The summed E-state index contributed by atoms with van der Waals surface area (Å²) in [4.78, 5) is 6.80. The van der Waals surface area contributed by atoms with E-state index in [1.165, 1.54) is 5.84 Å². The summed E-state index contributed by atoms with van der Waals surface area (Å²) in [5, 5.41) is 0. The van der Waals surface area contributed by atoms with Gasteiger partial charge in [0.1, 0.15) is 5.84 Å². The number of hydrogen-bond donors (Lipinski definition) is 0. The van der Waals surface area contributed by atoms with Gasteiger partial charge in [0.25, 0.3) is 0 Å². The molecule has 0 radical (unpaired) electrons. The van der Waals surface area contributed by atoms with Gasteiger partial charge in [0.2, 0.25) is 0 Å². The minimum atomic E-state index is 0.404. The van der Waals surface area contributed by atoms with Crippen molar-refractivity contribution >= 4 is 5.84 Å².